The van der Waals surface area contributed by atoms with Crippen LogP contribution in [0.15, 0.2) is 30.3 Å². The second-order valence-electron chi connectivity index (χ2n) is 4.21. The molecule has 0 atom stereocenters. The van der Waals surface area contributed by atoms with Crippen LogP contribution in [0.25, 0.3) is 0 Å². The van der Waals surface area contributed by atoms with E-state index in [0.717, 1.165) is 16.9 Å². The Morgan fingerprint density at radius 1 is 1.33 bits per heavy atom. The predicted octanol–water partition coefficient (Wildman–Crippen LogP) is 3.64. The van der Waals surface area contributed by atoms with Crippen molar-refractivity contribution in [2.24, 2.45) is 0 Å². The molecule has 0 saturated heterocycles. The molecular formula is C14H11ClFNO3S. The van der Waals surface area contributed by atoms with Crippen molar-refractivity contribution in [3.63, 3.8) is 0 Å². The van der Waals surface area contributed by atoms with Crippen molar-refractivity contribution in [3.05, 3.63) is 50.9 Å². The van der Waals surface area contributed by atoms with E-state index >= 15 is 0 Å². The van der Waals surface area contributed by atoms with Crippen LogP contribution in [0.4, 0.5) is 10.1 Å². The Bertz CT molecular complexity index is 687. The average Bonchev–Trinajstić information content (AvgIpc) is 2.86. The zero-order valence-electron chi connectivity index (χ0n) is 11.0. The molecule has 21 heavy (non-hydrogen) atoms. The number of anilines is 1. The number of thiophene rings is 1. The molecule has 0 bridgehead atoms. The molecule has 1 aromatic carbocycles. The van der Waals surface area contributed by atoms with E-state index in [2.05, 4.69) is 5.32 Å². The lowest BCUT2D eigenvalue weighted by atomic mass is 10.2. The van der Waals surface area contributed by atoms with Gasteiger partial charge in [0.25, 0.3) is 5.91 Å². The maximum atomic E-state index is 13.5. The average molecular weight is 328 g/mol. The lowest BCUT2D eigenvalue weighted by molar-refractivity contribution is -0.119. The van der Waals surface area contributed by atoms with E-state index in [1.54, 1.807) is 19.1 Å². The van der Waals surface area contributed by atoms with Crippen LogP contribution in [0.3, 0.4) is 0 Å². The number of carbonyl (C=O) groups excluding carboxylic acids is 2. The minimum atomic E-state index is -0.647. The highest BCUT2D eigenvalue weighted by atomic mass is 35.5. The van der Waals surface area contributed by atoms with Crippen molar-refractivity contribution in [2.45, 2.75) is 6.92 Å². The van der Waals surface area contributed by atoms with Gasteiger partial charge in [-0.15, -0.1) is 11.3 Å². The van der Waals surface area contributed by atoms with E-state index in [1.807, 2.05) is 0 Å². The summed E-state index contributed by atoms with van der Waals surface area (Å²) >= 11 is 6.75. The molecule has 4 nitrogen and oxygen atoms in total. The van der Waals surface area contributed by atoms with Gasteiger partial charge in [0.05, 0.1) is 10.0 Å². The minimum Gasteiger partial charge on any atom is -0.451 e. The molecule has 7 heteroatoms. The monoisotopic (exact) mass is 327 g/mol. The third-order valence-electron chi connectivity index (χ3n) is 2.51. The van der Waals surface area contributed by atoms with Gasteiger partial charge in [-0.25, -0.2) is 9.18 Å². The van der Waals surface area contributed by atoms with Crippen molar-refractivity contribution in [3.8, 4) is 0 Å². The highest BCUT2D eigenvalue weighted by Gasteiger charge is 2.13. The number of ether oxygens (including phenoxy) is 1. The molecule has 0 aliphatic carbocycles. The zero-order valence-corrected chi connectivity index (χ0v) is 12.6. The normalized spacial score (nSPS) is 10.2. The number of hydrogen-bond donors (Lipinski definition) is 1. The number of rotatable bonds is 4. The van der Waals surface area contributed by atoms with Gasteiger partial charge in [-0.2, -0.15) is 0 Å². The van der Waals surface area contributed by atoms with Crippen LogP contribution < -0.4 is 5.32 Å². The van der Waals surface area contributed by atoms with Crippen LogP contribution in [0, 0.1) is 12.7 Å². The summed E-state index contributed by atoms with van der Waals surface area (Å²) in [5.74, 6) is -1.81. The minimum absolute atomic E-state index is 0.0424. The molecule has 2 aromatic rings. The molecular weight excluding hydrogens is 317 g/mol. The second kappa shape index (κ2) is 6.69. The Morgan fingerprint density at radius 3 is 2.71 bits per heavy atom. The first-order valence-corrected chi connectivity index (χ1v) is 7.13. The van der Waals surface area contributed by atoms with Gasteiger partial charge in [0, 0.05) is 0 Å². The van der Waals surface area contributed by atoms with E-state index in [-0.39, 0.29) is 5.69 Å². The van der Waals surface area contributed by atoms with E-state index in [9.17, 15) is 14.0 Å². The predicted molar refractivity (Wildman–Crippen MR) is 79.4 cm³/mol. The molecule has 0 saturated carbocycles. The summed E-state index contributed by atoms with van der Waals surface area (Å²) in [5, 5.41) is 2.34. The number of nitrogens with one attached hydrogen (secondary N) is 1. The number of hydrogen-bond acceptors (Lipinski definition) is 4. The summed E-state index contributed by atoms with van der Waals surface area (Å²) in [5.41, 5.74) is 0.785. The molecule has 0 aliphatic rings. The van der Waals surface area contributed by atoms with Gasteiger partial charge in [-0.05, 0) is 36.8 Å². The van der Waals surface area contributed by atoms with Crippen molar-refractivity contribution < 1.29 is 18.7 Å². The maximum Gasteiger partial charge on any atom is 0.348 e. The number of esters is 1. The summed E-state index contributed by atoms with van der Waals surface area (Å²) in [6.07, 6.45) is 0. The number of benzene rings is 1. The summed E-state index contributed by atoms with van der Waals surface area (Å²) < 4.78 is 18.8. The van der Waals surface area contributed by atoms with E-state index in [1.165, 1.54) is 18.2 Å². The van der Waals surface area contributed by atoms with Crippen LogP contribution in [-0.2, 0) is 9.53 Å². The topological polar surface area (TPSA) is 55.4 Å². The summed E-state index contributed by atoms with van der Waals surface area (Å²) in [6.45, 7) is 1.24. The van der Waals surface area contributed by atoms with Gasteiger partial charge >= 0.3 is 5.97 Å². The lowest BCUT2D eigenvalue weighted by Gasteiger charge is -2.07. The fraction of sp³-hybridized carbons (Fsp3) is 0.143. The molecule has 1 heterocycles. The molecule has 0 aliphatic heterocycles. The van der Waals surface area contributed by atoms with Crippen molar-refractivity contribution >= 4 is 40.5 Å². The SMILES string of the molecule is Cc1ccc(NC(=O)COC(=O)c2ccc(Cl)s2)c(F)c1. The smallest absolute Gasteiger partial charge is 0.348 e. The van der Waals surface area contributed by atoms with Crippen molar-refractivity contribution in [1.82, 2.24) is 0 Å². The molecule has 0 fully saturated rings. The van der Waals surface area contributed by atoms with E-state index < -0.39 is 24.3 Å². The Morgan fingerprint density at radius 2 is 2.10 bits per heavy atom. The first-order chi connectivity index (χ1) is 9.95. The molecule has 0 spiro atoms. The van der Waals surface area contributed by atoms with Crippen LogP contribution in [0.1, 0.15) is 15.2 Å². The summed E-state index contributed by atoms with van der Waals surface area (Å²) in [6, 6.07) is 7.48. The molecule has 1 aromatic heterocycles. The first-order valence-electron chi connectivity index (χ1n) is 5.94. The maximum absolute atomic E-state index is 13.5. The van der Waals surface area contributed by atoms with Crippen LogP contribution >= 0.6 is 22.9 Å². The number of halogens is 2. The first kappa shape index (κ1) is 15.5. The summed E-state index contributed by atoms with van der Waals surface area (Å²) in [4.78, 5) is 23.5. The molecule has 0 unspecified atom stereocenters. The van der Waals surface area contributed by atoms with Crippen LogP contribution in [0.5, 0.6) is 0 Å². The Hall–Kier alpha value is -1.92. The van der Waals surface area contributed by atoms with Gasteiger partial charge in [0.1, 0.15) is 10.7 Å². The fourth-order valence-electron chi connectivity index (χ4n) is 1.53. The van der Waals surface area contributed by atoms with Gasteiger partial charge in [0.2, 0.25) is 0 Å². The quantitative estimate of drug-likeness (QED) is 0.872. The standard InChI is InChI=1S/C14H11ClFNO3S/c1-8-2-3-10(9(16)6-8)17-13(18)7-20-14(19)11-4-5-12(15)21-11/h2-6H,7H2,1H3,(H,17,18). The highest BCUT2D eigenvalue weighted by Crippen LogP contribution is 2.22. The van der Waals surface area contributed by atoms with E-state index in [0.29, 0.717) is 9.21 Å². The molecule has 2 rings (SSSR count). The van der Waals surface area contributed by atoms with Crippen LogP contribution in [0.2, 0.25) is 4.34 Å². The van der Waals surface area contributed by atoms with Gasteiger partial charge < -0.3 is 10.1 Å². The van der Waals surface area contributed by atoms with Crippen molar-refractivity contribution in [2.75, 3.05) is 11.9 Å². The largest absolute Gasteiger partial charge is 0.451 e. The number of carbonyl (C=O) groups is 2. The van der Waals surface area contributed by atoms with Gasteiger partial charge in [-0.1, -0.05) is 17.7 Å². The fourth-order valence-corrected chi connectivity index (χ4v) is 2.47. The summed E-state index contributed by atoms with van der Waals surface area (Å²) in [7, 11) is 0. The molecule has 1 amide bonds. The highest BCUT2D eigenvalue weighted by molar-refractivity contribution is 7.17. The third-order valence-corrected chi connectivity index (χ3v) is 3.72. The number of aryl methyl sites for hydroxylation is 1. The van der Waals surface area contributed by atoms with Crippen molar-refractivity contribution in [1.29, 1.82) is 0 Å². The number of amides is 1. The third kappa shape index (κ3) is 4.27. The molecule has 1 N–H and O–H groups in total. The Kier molecular flexibility index (Phi) is 4.93. The molecule has 0 radical (unpaired) electrons. The van der Waals surface area contributed by atoms with Gasteiger partial charge in [-0.3, -0.25) is 4.79 Å². The van der Waals surface area contributed by atoms with E-state index in [4.69, 9.17) is 16.3 Å². The lowest BCUT2D eigenvalue weighted by Crippen LogP contribution is -2.21. The van der Waals surface area contributed by atoms with Gasteiger partial charge in [0.15, 0.2) is 6.61 Å². The Labute approximate surface area is 129 Å². The van der Waals surface area contributed by atoms with Crippen LogP contribution in [-0.4, -0.2) is 18.5 Å². The zero-order chi connectivity index (χ0) is 15.4. The second-order valence-corrected chi connectivity index (χ2v) is 5.93. The Balaban J connectivity index is 1.89. The molecule has 110 valence electrons.